The summed E-state index contributed by atoms with van der Waals surface area (Å²) >= 11 is 0. The zero-order valence-electron chi connectivity index (χ0n) is 8.42. The second-order valence-electron chi connectivity index (χ2n) is 3.26. The van der Waals surface area contributed by atoms with E-state index in [4.69, 9.17) is 11.0 Å². The number of para-hydroxylation sites is 1. The van der Waals surface area contributed by atoms with Gasteiger partial charge in [0.05, 0.1) is 11.3 Å². The molecule has 0 unspecified atom stereocenters. The first-order chi connectivity index (χ1) is 7.74. The average Bonchev–Trinajstić information content (AvgIpc) is 2.77. The van der Waals surface area contributed by atoms with Crippen molar-refractivity contribution in [2.45, 2.75) is 0 Å². The van der Waals surface area contributed by atoms with Gasteiger partial charge in [-0.15, -0.1) is 0 Å². The van der Waals surface area contributed by atoms with Crippen molar-refractivity contribution in [3.8, 4) is 11.8 Å². The number of amides is 1. The number of hydrogen-bond acceptors (Lipinski definition) is 2. The van der Waals surface area contributed by atoms with Crippen molar-refractivity contribution in [3.63, 3.8) is 0 Å². The summed E-state index contributed by atoms with van der Waals surface area (Å²) in [5.41, 5.74) is 6.77. The lowest BCUT2D eigenvalue weighted by Crippen LogP contribution is -2.16. The largest absolute Gasteiger partial charge is 0.364 e. The molecule has 0 aliphatic carbocycles. The SMILES string of the molecule is N#Cc1ccccc1-n1cccc1C(N)=O. The second-order valence-corrected chi connectivity index (χ2v) is 3.26. The standard InChI is InChI=1S/C12H9N3O/c13-8-9-4-1-2-5-10(9)15-7-3-6-11(15)12(14)16/h1-7H,(H2,14,16). The number of benzene rings is 1. The minimum atomic E-state index is -0.516. The maximum absolute atomic E-state index is 11.2. The Morgan fingerprint density at radius 2 is 2.00 bits per heavy atom. The fourth-order valence-electron chi connectivity index (χ4n) is 1.57. The fourth-order valence-corrected chi connectivity index (χ4v) is 1.57. The van der Waals surface area contributed by atoms with Crippen LogP contribution in [0.2, 0.25) is 0 Å². The molecule has 0 radical (unpaired) electrons. The summed E-state index contributed by atoms with van der Waals surface area (Å²) in [7, 11) is 0. The molecule has 0 fully saturated rings. The Morgan fingerprint density at radius 3 is 2.69 bits per heavy atom. The van der Waals surface area contributed by atoms with Crippen molar-refractivity contribution >= 4 is 5.91 Å². The monoisotopic (exact) mass is 211 g/mol. The van der Waals surface area contributed by atoms with Crippen LogP contribution < -0.4 is 5.73 Å². The van der Waals surface area contributed by atoms with Crippen molar-refractivity contribution < 1.29 is 4.79 Å². The molecule has 2 aromatic rings. The van der Waals surface area contributed by atoms with E-state index in [1.807, 2.05) is 0 Å². The predicted octanol–water partition coefficient (Wildman–Crippen LogP) is 1.45. The number of nitriles is 1. The Bertz CT molecular complexity index is 578. The van der Waals surface area contributed by atoms with Crippen LogP contribution in [0.1, 0.15) is 16.1 Å². The molecular weight excluding hydrogens is 202 g/mol. The van der Waals surface area contributed by atoms with Crippen molar-refractivity contribution in [2.75, 3.05) is 0 Å². The first kappa shape index (κ1) is 9.99. The van der Waals surface area contributed by atoms with Crippen LogP contribution in [0.5, 0.6) is 0 Å². The number of primary amides is 1. The Balaban J connectivity index is 2.64. The molecule has 2 N–H and O–H groups in total. The topological polar surface area (TPSA) is 71.8 Å². The highest BCUT2D eigenvalue weighted by Gasteiger charge is 2.10. The van der Waals surface area contributed by atoms with Crippen molar-refractivity contribution in [2.24, 2.45) is 5.73 Å². The van der Waals surface area contributed by atoms with E-state index in [9.17, 15) is 4.79 Å². The van der Waals surface area contributed by atoms with E-state index in [0.717, 1.165) is 0 Å². The molecule has 1 amide bonds. The lowest BCUT2D eigenvalue weighted by atomic mass is 10.2. The van der Waals surface area contributed by atoms with Crippen LogP contribution in [-0.2, 0) is 0 Å². The van der Waals surface area contributed by atoms with Gasteiger partial charge in [-0.1, -0.05) is 12.1 Å². The van der Waals surface area contributed by atoms with Gasteiger partial charge in [0.2, 0.25) is 0 Å². The Hall–Kier alpha value is -2.54. The maximum Gasteiger partial charge on any atom is 0.265 e. The van der Waals surface area contributed by atoms with Gasteiger partial charge in [0, 0.05) is 6.20 Å². The van der Waals surface area contributed by atoms with E-state index in [0.29, 0.717) is 16.9 Å². The molecular formula is C12H9N3O. The van der Waals surface area contributed by atoms with E-state index in [-0.39, 0.29) is 0 Å². The van der Waals surface area contributed by atoms with E-state index < -0.39 is 5.91 Å². The molecule has 4 heteroatoms. The van der Waals surface area contributed by atoms with Crippen molar-refractivity contribution in [1.29, 1.82) is 5.26 Å². The van der Waals surface area contributed by atoms with Crippen LogP contribution in [0.25, 0.3) is 5.69 Å². The highest BCUT2D eigenvalue weighted by molar-refractivity contribution is 5.92. The van der Waals surface area contributed by atoms with Gasteiger partial charge in [-0.2, -0.15) is 5.26 Å². The Morgan fingerprint density at radius 1 is 1.25 bits per heavy atom. The zero-order valence-corrected chi connectivity index (χ0v) is 8.42. The second kappa shape index (κ2) is 3.91. The van der Waals surface area contributed by atoms with E-state index in [1.165, 1.54) is 0 Å². The molecule has 0 atom stereocenters. The van der Waals surface area contributed by atoms with Crippen LogP contribution >= 0.6 is 0 Å². The number of rotatable bonds is 2. The van der Waals surface area contributed by atoms with Gasteiger partial charge in [-0.3, -0.25) is 4.79 Å². The van der Waals surface area contributed by atoms with E-state index >= 15 is 0 Å². The van der Waals surface area contributed by atoms with Gasteiger partial charge in [0.25, 0.3) is 5.91 Å². The van der Waals surface area contributed by atoms with Gasteiger partial charge >= 0.3 is 0 Å². The summed E-state index contributed by atoms with van der Waals surface area (Å²) in [6.45, 7) is 0. The minimum absolute atomic E-state index is 0.364. The molecule has 0 aliphatic rings. The van der Waals surface area contributed by atoms with Gasteiger partial charge in [-0.05, 0) is 24.3 Å². The third-order valence-corrected chi connectivity index (χ3v) is 2.29. The highest BCUT2D eigenvalue weighted by atomic mass is 16.1. The molecule has 0 spiro atoms. The van der Waals surface area contributed by atoms with E-state index in [1.54, 1.807) is 47.2 Å². The summed E-state index contributed by atoms with van der Waals surface area (Å²) in [6, 6.07) is 12.5. The number of carbonyl (C=O) groups excluding carboxylic acids is 1. The maximum atomic E-state index is 11.2. The van der Waals surface area contributed by atoms with Gasteiger partial charge in [0.1, 0.15) is 11.8 Å². The van der Waals surface area contributed by atoms with Gasteiger partial charge in [0.15, 0.2) is 0 Å². The summed E-state index contributed by atoms with van der Waals surface area (Å²) < 4.78 is 1.61. The quantitative estimate of drug-likeness (QED) is 0.816. The molecule has 0 saturated carbocycles. The molecule has 2 rings (SSSR count). The smallest absolute Gasteiger partial charge is 0.265 e. The van der Waals surface area contributed by atoms with Crippen molar-refractivity contribution in [1.82, 2.24) is 4.57 Å². The van der Waals surface area contributed by atoms with Crippen LogP contribution in [0, 0.1) is 11.3 Å². The third kappa shape index (κ3) is 1.55. The average molecular weight is 211 g/mol. The van der Waals surface area contributed by atoms with Crippen molar-refractivity contribution in [3.05, 3.63) is 53.9 Å². The molecule has 0 aliphatic heterocycles. The number of aromatic nitrogens is 1. The first-order valence-corrected chi connectivity index (χ1v) is 4.70. The lowest BCUT2D eigenvalue weighted by molar-refractivity contribution is 0.0994. The minimum Gasteiger partial charge on any atom is -0.364 e. The zero-order chi connectivity index (χ0) is 11.5. The summed E-state index contributed by atoms with van der Waals surface area (Å²) in [5, 5.41) is 8.97. The van der Waals surface area contributed by atoms with Crippen LogP contribution in [-0.4, -0.2) is 10.5 Å². The molecule has 4 nitrogen and oxygen atoms in total. The van der Waals surface area contributed by atoms with Crippen LogP contribution in [0.15, 0.2) is 42.6 Å². The van der Waals surface area contributed by atoms with Gasteiger partial charge in [-0.25, -0.2) is 0 Å². The molecule has 1 heterocycles. The highest BCUT2D eigenvalue weighted by Crippen LogP contribution is 2.16. The molecule has 1 aromatic heterocycles. The fraction of sp³-hybridized carbons (Fsp3) is 0. The van der Waals surface area contributed by atoms with Crippen LogP contribution in [0.3, 0.4) is 0 Å². The number of hydrogen-bond donors (Lipinski definition) is 1. The lowest BCUT2D eigenvalue weighted by Gasteiger charge is -2.08. The Kier molecular flexibility index (Phi) is 2.44. The molecule has 78 valence electrons. The number of carbonyl (C=O) groups is 1. The molecule has 0 saturated heterocycles. The summed E-state index contributed by atoms with van der Waals surface area (Å²) in [6.07, 6.45) is 1.70. The number of nitrogens with two attached hydrogens (primary N) is 1. The summed E-state index contributed by atoms with van der Waals surface area (Å²) in [4.78, 5) is 11.2. The number of nitrogens with zero attached hydrogens (tertiary/aromatic N) is 2. The Labute approximate surface area is 92.5 Å². The predicted molar refractivity (Wildman–Crippen MR) is 59.0 cm³/mol. The molecule has 16 heavy (non-hydrogen) atoms. The van der Waals surface area contributed by atoms with E-state index in [2.05, 4.69) is 6.07 Å². The van der Waals surface area contributed by atoms with Crippen LogP contribution in [0.4, 0.5) is 0 Å². The molecule has 0 bridgehead atoms. The normalized spacial score (nSPS) is 9.69. The first-order valence-electron chi connectivity index (χ1n) is 4.70. The van der Waals surface area contributed by atoms with Gasteiger partial charge < -0.3 is 10.3 Å². The molecule has 1 aromatic carbocycles. The third-order valence-electron chi connectivity index (χ3n) is 2.29. The summed E-state index contributed by atoms with van der Waals surface area (Å²) in [5.74, 6) is -0.516.